The van der Waals surface area contributed by atoms with Crippen LogP contribution in [-0.4, -0.2) is 42.3 Å². The molecule has 2 unspecified atom stereocenters. The number of nitrogens with zero attached hydrogens (tertiary/aromatic N) is 1. The maximum atomic E-state index is 11.7. The minimum atomic E-state index is -0.496. The Kier molecular flexibility index (Phi) is 6.15. The number of hydrogen-bond donors (Lipinski definition) is 2. The van der Waals surface area contributed by atoms with E-state index in [1.54, 1.807) is 25.3 Å². The molecule has 2 N–H and O–H groups in total. The van der Waals surface area contributed by atoms with Crippen LogP contribution in [-0.2, 0) is 6.42 Å². The number of carbonyl (C=O) groups is 1. The van der Waals surface area contributed by atoms with Crippen molar-refractivity contribution in [1.29, 1.82) is 0 Å². The second kappa shape index (κ2) is 7.38. The number of nitrogens with one attached hydrogen (secondary N) is 1. The van der Waals surface area contributed by atoms with Gasteiger partial charge >= 0.3 is 6.03 Å². The van der Waals surface area contributed by atoms with E-state index in [1.807, 2.05) is 6.07 Å². The summed E-state index contributed by atoms with van der Waals surface area (Å²) in [5, 5.41) is 14.1. The number of hydrogen-bond acceptors (Lipinski definition) is 3. The van der Waals surface area contributed by atoms with Gasteiger partial charge in [-0.25, -0.2) is 4.79 Å². The number of rotatable bonds is 6. The lowest BCUT2D eigenvalue weighted by atomic mass is 10.1. The Bertz CT molecular complexity index is 352. The molecule has 0 fully saturated rings. The molecule has 0 radical (unpaired) electrons. The third-order valence-corrected chi connectivity index (χ3v) is 3.51. The summed E-state index contributed by atoms with van der Waals surface area (Å²) in [7, 11) is 1.69. The molecule has 18 heavy (non-hydrogen) atoms. The minimum absolute atomic E-state index is 0.131. The van der Waals surface area contributed by atoms with Crippen LogP contribution in [0, 0.1) is 5.92 Å². The van der Waals surface area contributed by atoms with Gasteiger partial charge < -0.3 is 15.3 Å². The molecule has 0 saturated heterocycles. The van der Waals surface area contributed by atoms with Gasteiger partial charge in [-0.2, -0.15) is 0 Å². The summed E-state index contributed by atoms with van der Waals surface area (Å²) in [4.78, 5) is 14.5. The summed E-state index contributed by atoms with van der Waals surface area (Å²) in [6.07, 6.45) is 0.488. The lowest BCUT2D eigenvalue weighted by molar-refractivity contribution is 0.143. The molecule has 0 saturated carbocycles. The normalized spacial score (nSPS) is 14.0. The largest absolute Gasteiger partial charge is 0.392 e. The topological polar surface area (TPSA) is 52.6 Å². The maximum absolute atomic E-state index is 11.7. The van der Waals surface area contributed by atoms with Crippen LogP contribution in [0.5, 0.6) is 0 Å². The highest BCUT2D eigenvalue weighted by atomic mass is 32.1. The van der Waals surface area contributed by atoms with Crippen molar-refractivity contribution in [2.24, 2.45) is 5.92 Å². The molecule has 0 bridgehead atoms. The van der Waals surface area contributed by atoms with Crippen LogP contribution >= 0.6 is 11.3 Å². The van der Waals surface area contributed by atoms with E-state index < -0.39 is 6.10 Å². The van der Waals surface area contributed by atoms with Crippen molar-refractivity contribution in [3.8, 4) is 0 Å². The maximum Gasteiger partial charge on any atom is 0.317 e. The Balaban J connectivity index is 2.25. The fourth-order valence-corrected chi connectivity index (χ4v) is 2.59. The van der Waals surface area contributed by atoms with Crippen LogP contribution in [0.2, 0.25) is 0 Å². The monoisotopic (exact) mass is 270 g/mol. The van der Waals surface area contributed by atoms with Crippen LogP contribution in [0.3, 0.4) is 0 Å². The van der Waals surface area contributed by atoms with Gasteiger partial charge in [-0.1, -0.05) is 13.0 Å². The molecular weight excluding hydrogens is 248 g/mol. The Morgan fingerprint density at radius 3 is 2.83 bits per heavy atom. The second-order valence-corrected chi connectivity index (χ2v) is 5.84. The first-order valence-corrected chi connectivity index (χ1v) is 7.06. The van der Waals surface area contributed by atoms with Crippen molar-refractivity contribution in [2.75, 3.05) is 20.1 Å². The Morgan fingerprint density at radius 2 is 2.28 bits per heavy atom. The van der Waals surface area contributed by atoms with Crippen molar-refractivity contribution in [3.63, 3.8) is 0 Å². The first-order valence-electron chi connectivity index (χ1n) is 6.18. The standard InChI is InChI=1S/C13H22N2O2S/c1-10(7-12-5-4-6-18-12)8-14-13(17)15(3)9-11(2)16/h4-6,10-11,16H,7-9H2,1-3H3,(H,14,17). The van der Waals surface area contributed by atoms with Crippen LogP contribution in [0.15, 0.2) is 17.5 Å². The van der Waals surface area contributed by atoms with Crippen LogP contribution in [0.1, 0.15) is 18.7 Å². The summed E-state index contributed by atoms with van der Waals surface area (Å²) >= 11 is 1.74. The Hall–Kier alpha value is -1.07. The molecular formula is C13H22N2O2S. The highest BCUT2D eigenvalue weighted by Gasteiger charge is 2.12. The molecule has 1 aromatic rings. The zero-order valence-electron chi connectivity index (χ0n) is 11.2. The molecule has 0 aliphatic carbocycles. The summed E-state index contributed by atoms with van der Waals surface area (Å²) in [5.41, 5.74) is 0. The average molecular weight is 270 g/mol. The first-order chi connectivity index (χ1) is 8.49. The molecule has 1 rings (SSSR count). The van der Waals surface area contributed by atoms with E-state index in [0.29, 0.717) is 19.0 Å². The van der Waals surface area contributed by atoms with Crippen LogP contribution < -0.4 is 5.32 Å². The zero-order valence-corrected chi connectivity index (χ0v) is 12.0. The Morgan fingerprint density at radius 1 is 1.56 bits per heavy atom. The summed E-state index contributed by atoms with van der Waals surface area (Å²) in [6.45, 7) is 4.80. The number of aliphatic hydroxyl groups is 1. The van der Waals surface area contributed by atoms with Gasteiger partial charge in [0.2, 0.25) is 0 Å². The van der Waals surface area contributed by atoms with E-state index in [0.717, 1.165) is 6.42 Å². The molecule has 4 nitrogen and oxygen atoms in total. The van der Waals surface area contributed by atoms with E-state index >= 15 is 0 Å². The fourth-order valence-electron chi connectivity index (χ4n) is 1.72. The summed E-state index contributed by atoms with van der Waals surface area (Å²) in [5.74, 6) is 0.410. The molecule has 1 heterocycles. The van der Waals surface area contributed by atoms with Crippen molar-refractivity contribution in [2.45, 2.75) is 26.4 Å². The number of urea groups is 1. The van der Waals surface area contributed by atoms with Gasteiger partial charge in [-0.05, 0) is 30.7 Å². The van der Waals surface area contributed by atoms with Crippen molar-refractivity contribution in [1.82, 2.24) is 10.2 Å². The van der Waals surface area contributed by atoms with Gasteiger partial charge in [0.05, 0.1) is 6.10 Å². The number of thiophene rings is 1. The predicted molar refractivity (Wildman–Crippen MR) is 74.9 cm³/mol. The molecule has 0 aliphatic rings. The van der Waals surface area contributed by atoms with Gasteiger partial charge in [0.25, 0.3) is 0 Å². The van der Waals surface area contributed by atoms with Gasteiger partial charge in [0.1, 0.15) is 0 Å². The molecule has 0 spiro atoms. The van der Waals surface area contributed by atoms with Crippen molar-refractivity contribution < 1.29 is 9.90 Å². The third-order valence-electron chi connectivity index (χ3n) is 2.62. The summed E-state index contributed by atoms with van der Waals surface area (Å²) < 4.78 is 0. The predicted octanol–water partition coefficient (Wildman–Crippen LogP) is 1.95. The van der Waals surface area contributed by atoms with Gasteiger partial charge in [-0.3, -0.25) is 0 Å². The van der Waals surface area contributed by atoms with Gasteiger partial charge in [0, 0.05) is 25.0 Å². The van der Waals surface area contributed by atoms with Crippen molar-refractivity contribution >= 4 is 17.4 Å². The SMILES string of the molecule is CC(O)CN(C)C(=O)NCC(C)Cc1cccs1. The molecule has 0 aromatic carbocycles. The van der Waals surface area contributed by atoms with E-state index in [9.17, 15) is 9.90 Å². The number of likely N-dealkylation sites (N-methyl/N-ethyl adjacent to an activating group) is 1. The molecule has 1 aromatic heterocycles. The Labute approximate surface area is 113 Å². The summed E-state index contributed by atoms with van der Waals surface area (Å²) in [6, 6.07) is 4.03. The van der Waals surface area contributed by atoms with E-state index in [-0.39, 0.29) is 6.03 Å². The molecule has 2 amide bonds. The van der Waals surface area contributed by atoms with E-state index in [2.05, 4.69) is 23.7 Å². The van der Waals surface area contributed by atoms with Gasteiger partial charge in [0.15, 0.2) is 0 Å². The number of amides is 2. The first kappa shape index (κ1) is 15.0. The highest BCUT2D eigenvalue weighted by Crippen LogP contribution is 2.13. The zero-order chi connectivity index (χ0) is 13.5. The smallest absolute Gasteiger partial charge is 0.317 e. The highest BCUT2D eigenvalue weighted by molar-refractivity contribution is 7.09. The molecule has 2 atom stereocenters. The van der Waals surface area contributed by atoms with E-state index in [4.69, 9.17) is 0 Å². The second-order valence-electron chi connectivity index (χ2n) is 4.80. The minimum Gasteiger partial charge on any atom is -0.392 e. The molecule has 102 valence electrons. The van der Waals surface area contributed by atoms with Crippen LogP contribution in [0.4, 0.5) is 4.79 Å². The average Bonchev–Trinajstić information content (AvgIpc) is 2.77. The lowest BCUT2D eigenvalue weighted by Crippen LogP contribution is -2.42. The number of carbonyl (C=O) groups excluding carboxylic acids is 1. The lowest BCUT2D eigenvalue weighted by Gasteiger charge is -2.20. The van der Waals surface area contributed by atoms with E-state index in [1.165, 1.54) is 9.78 Å². The van der Waals surface area contributed by atoms with Gasteiger partial charge in [-0.15, -0.1) is 11.3 Å². The fraction of sp³-hybridized carbons (Fsp3) is 0.615. The molecule has 0 aliphatic heterocycles. The van der Waals surface area contributed by atoms with Crippen molar-refractivity contribution in [3.05, 3.63) is 22.4 Å². The number of aliphatic hydroxyl groups excluding tert-OH is 1. The van der Waals surface area contributed by atoms with Crippen LogP contribution in [0.25, 0.3) is 0 Å². The molecule has 5 heteroatoms. The third kappa shape index (κ3) is 5.51. The quantitative estimate of drug-likeness (QED) is 0.830.